The van der Waals surface area contributed by atoms with Gasteiger partial charge in [0.05, 0.1) is 0 Å². The van der Waals surface area contributed by atoms with Gasteiger partial charge in [-0.3, -0.25) is 19.5 Å². The summed E-state index contributed by atoms with van der Waals surface area (Å²) in [5.41, 5.74) is 1.46. The molecule has 0 radical (unpaired) electrons. The van der Waals surface area contributed by atoms with Gasteiger partial charge in [-0.05, 0) is 42.9 Å². The average molecular weight is 349 g/mol. The van der Waals surface area contributed by atoms with Crippen LogP contribution in [-0.2, 0) is 17.9 Å². The number of likely N-dealkylation sites (tertiary alicyclic amines) is 1. The molecule has 4 rings (SSSR count). The van der Waals surface area contributed by atoms with Gasteiger partial charge in [0.15, 0.2) is 0 Å². The van der Waals surface area contributed by atoms with E-state index in [4.69, 9.17) is 0 Å². The van der Waals surface area contributed by atoms with Crippen LogP contribution in [0.1, 0.15) is 29.7 Å². The van der Waals surface area contributed by atoms with Gasteiger partial charge in [-0.15, -0.1) is 11.3 Å². The van der Waals surface area contributed by atoms with Crippen LogP contribution >= 0.6 is 11.3 Å². The maximum atomic E-state index is 12.1. The number of piperazine rings is 2. The molecule has 0 saturated carbocycles. The Morgan fingerprint density at radius 1 is 1.04 bits per heavy atom. The molecule has 1 aromatic heterocycles. The van der Waals surface area contributed by atoms with Crippen molar-refractivity contribution < 1.29 is 4.79 Å². The summed E-state index contributed by atoms with van der Waals surface area (Å²) in [7, 11) is 0. The molecule has 6 heteroatoms. The first-order chi connectivity index (χ1) is 11.8. The van der Waals surface area contributed by atoms with Gasteiger partial charge in [-0.2, -0.15) is 0 Å². The lowest BCUT2D eigenvalue weighted by Gasteiger charge is -2.42. The Labute approximate surface area is 148 Å². The van der Waals surface area contributed by atoms with E-state index in [0.717, 1.165) is 45.8 Å². The van der Waals surface area contributed by atoms with Gasteiger partial charge in [0.25, 0.3) is 0 Å². The molecule has 24 heavy (non-hydrogen) atoms. The summed E-state index contributed by atoms with van der Waals surface area (Å²) in [5, 5.41) is 5.33. The lowest BCUT2D eigenvalue weighted by atomic mass is 10.1. The fraction of sp³-hybridized carbons (Fsp3) is 0.722. The minimum atomic E-state index is 0.0558. The fourth-order valence-corrected chi connectivity index (χ4v) is 5.09. The fourth-order valence-electron chi connectivity index (χ4n) is 4.17. The van der Waals surface area contributed by atoms with E-state index in [1.807, 2.05) is 11.3 Å². The van der Waals surface area contributed by atoms with Crippen molar-refractivity contribution >= 4 is 17.2 Å². The number of piperidine rings is 1. The number of carbonyl (C=O) groups excluding carboxylic acids is 1. The number of rotatable bonds is 4. The SMILES string of the molecule is O=C1NCCN2CCN(Cc3cc(CN4CCCCC4)cs3)CC12. The van der Waals surface area contributed by atoms with Crippen LogP contribution in [0, 0.1) is 0 Å². The van der Waals surface area contributed by atoms with Gasteiger partial charge in [-0.25, -0.2) is 0 Å². The van der Waals surface area contributed by atoms with Crippen molar-refractivity contribution in [2.24, 2.45) is 0 Å². The Bertz CT molecular complexity index is 569. The molecule has 5 nitrogen and oxygen atoms in total. The van der Waals surface area contributed by atoms with Crippen molar-refractivity contribution in [2.75, 3.05) is 45.8 Å². The molecule has 3 saturated heterocycles. The third kappa shape index (κ3) is 3.82. The number of thiophene rings is 1. The standard InChI is InChI=1S/C18H28N4OS/c23-18-17-13-21(8-9-22(17)7-4-19-18)12-16-10-15(14-24-16)11-20-5-2-1-3-6-20/h10,14,17H,1-9,11-13H2,(H,19,23). The van der Waals surface area contributed by atoms with Crippen LogP contribution in [0.5, 0.6) is 0 Å². The summed E-state index contributed by atoms with van der Waals surface area (Å²) in [6.45, 7) is 9.37. The van der Waals surface area contributed by atoms with Crippen molar-refractivity contribution in [3.8, 4) is 0 Å². The van der Waals surface area contributed by atoms with Crippen LogP contribution in [0.4, 0.5) is 0 Å². The zero-order chi connectivity index (χ0) is 16.4. The van der Waals surface area contributed by atoms with Crippen LogP contribution in [0.2, 0.25) is 0 Å². The van der Waals surface area contributed by atoms with E-state index in [0.29, 0.717) is 0 Å². The molecule has 1 amide bonds. The normalized spacial score (nSPS) is 27.0. The molecule has 1 aromatic rings. The zero-order valence-corrected chi connectivity index (χ0v) is 15.2. The maximum Gasteiger partial charge on any atom is 0.238 e. The highest BCUT2D eigenvalue weighted by molar-refractivity contribution is 7.10. The van der Waals surface area contributed by atoms with Gasteiger partial charge < -0.3 is 5.32 Å². The van der Waals surface area contributed by atoms with Crippen molar-refractivity contribution in [1.29, 1.82) is 0 Å². The van der Waals surface area contributed by atoms with Crippen LogP contribution < -0.4 is 5.32 Å². The third-order valence-electron chi connectivity index (χ3n) is 5.52. The number of hydrogen-bond acceptors (Lipinski definition) is 5. The largest absolute Gasteiger partial charge is 0.353 e. The summed E-state index contributed by atoms with van der Waals surface area (Å²) in [4.78, 5) is 20.9. The smallest absolute Gasteiger partial charge is 0.238 e. The lowest BCUT2D eigenvalue weighted by molar-refractivity contribution is -0.131. The number of fused-ring (bicyclic) bond motifs is 1. The summed E-state index contributed by atoms with van der Waals surface area (Å²) in [6.07, 6.45) is 4.10. The molecule has 3 aliphatic heterocycles. The summed E-state index contributed by atoms with van der Waals surface area (Å²) >= 11 is 1.88. The van der Waals surface area contributed by atoms with Crippen molar-refractivity contribution in [1.82, 2.24) is 20.0 Å². The number of nitrogens with one attached hydrogen (secondary N) is 1. The second-order valence-electron chi connectivity index (χ2n) is 7.34. The molecule has 0 spiro atoms. The predicted octanol–water partition coefficient (Wildman–Crippen LogP) is 1.35. The molecule has 1 atom stereocenters. The number of amides is 1. The molecule has 4 heterocycles. The molecule has 3 fully saturated rings. The van der Waals surface area contributed by atoms with E-state index in [9.17, 15) is 4.79 Å². The van der Waals surface area contributed by atoms with E-state index < -0.39 is 0 Å². The Hall–Kier alpha value is -0.950. The number of carbonyl (C=O) groups is 1. The van der Waals surface area contributed by atoms with Crippen LogP contribution in [0.25, 0.3) is 0 Å². The first kappa shape index (κ1) is 16.5. The van der Waals surface area contributed by atoms with Crippen molar-refractivity contribution in [3.63, 3.8) is 0 Å². The molecular weight excluding hydrogens is 320 g/mol. The summed E-state index contributed by atoms with van der Waals surface area (Å²) in [6, 6.07) is 2.44. The van der Waals surface area contributed by atoms with Crippen LogP contribution in [0.15, 0.2) is 11.4 Å². The minimum absolute atomic E-state index is 0.0558. The van der Waals surface area contributed by atoms with E-state index in [1.54, 1.807) is 0 Å². The van der Waals surface area contributed by atoms with Crippen LogP contribution in [-0.4, -0.2) is 72.5 Å². The minimum Gasteiger partial charge on any atom is -0.353 e. The molecule has 1 unspecified atom stereocenters. The van der Waals surface area contributed by atoms with E-state index in [-0.39, 0.29) is 11.9 Å². The molecule has 1 N–H and O–H groups in total. The molecule has 3 aliphatic rings. The highest BCUT2D eigenvalue weighted by Gasteiger charge is 2.34. The van der Waals surface area contributed by atoms with Gasteiger partial charge in [-0.1, -0.05) is 6.42 Å². The van der Waals surface area contributed by atoms with Gasteiger partial charge in [0.1, 0.15) is 6.04 Å². The Morgan fingerprint density at radius 3 is 2.79 bits per heavy atom. The van der Waals surface area contributed by atoms with E-state index in [2.05, 4.69) is 31.5 Å². The highest BCUT2D eigenvalue weighted by atomic mass is 32.1. The Morgan fingerprint density at radius 2 is 1.92 bits per heavy atom. The predicted molar refractivity (Wildman–Crippen MR) is 97.1 cm³/mol. The molecule has 0 aromatic carbocycles. The zero-order valence-electron chi connectivity index (χ0n) is 14.4. The second kappa shape index (κ2) is 7.52. The topological polar surface area (TPSA) is 38.8 Å². The molecule has 0 aliphatic carbocycles. The quantitative estimate of drug-likeness (QED) is 0.892. The van der Waals surface area contributed by atoms with Gasteiger partial charge in [0.2, 0.25) is 5.91 Å². The third-order valence-corrected chi connectivity index (χ3v) is 6.49. The highest BCUT2D eigenvalue weighted by Crippen LogP contribution is 2.22. The molecule has 0 bridgehead atoms. The van der Waals surface area contributed by atoms with E-state index in [1.165, 1.54) is 42.8 Å². The Balaban J connectivity index is 1.31. The first-order valence-corrected chi connectivity index (χ1v) is 10.2. The number of nitrogens with zero attached hydrogens (tertiary/aromatic N) is 3. The van der Waals surface area contributed by atoms with Crippen LogP contribution in [0.3, 0.4) is 0 Å². The van der Waals surface area contributed by atoms with Gasteiger partial charge >= 0.3 is 0 Å². The summed E-state index contributed by atoms with van der Waals surface area (Å²) in [5.74, 6) is 0.211. The average Bonchev–Trinajstić information content (AvgIpc) is 3.03. The van der Waals surface area contributed by atoms with E-state index >= 15 is 0 Å². The first-order valence-electron chi connectivity index (χ1n) is 9.31. The lowest BCUT2D eigenvalue weighted by Crippen LogP contribution is -2.63. The van der Waals surface area contributed by atoms with Gasteiger partial charge in [0, 0.05) is 50.7 Å². The monoisotopic (exact) mass is 348 g/mol. The van der Waals surface area contributed by atoms with Crippen molar-refractivity contribution in [3.05, 3.63) is 21.9 Å². The number of hydrogen-bond donors (Lipinski definition) is 1. The summed E-state index contributed by atoms with van der Waals surface area (Å²) < 4.78 is 0. The molecular formula is C18H28N4OS. The molecule has 132 valence electrons. The maximum absolute atomic E-state index is 12.1. The van der Waals surface area contributed by atoms with Crippen molar-refractivity contribution in [2.45, 2.75) is 38.4 Å². The second-order valence-corrected chi connectivity index (χ2v) is 8.33. The Kier molecular flexibility index (Phi) is 5.17.